The lowest BCUT2D eigenvalue weighted by atomic mass is 9.90. The highest BCUT2D eigenvalue weighted by Crippen LogP contribution is 2.28. The van der Waals surface area contributed by atoms with E-state index in [9.17, 15) is 0 Å². The lowest BCUT2D eigenvalue weighted by Gasteiger charge is -2.36. The Hall–Kier alpha value is -2.10. The van der Waals surface area contributed by atoms with Crippen LogP contribution in [0.15, 0.2) is 42.6 Å². The normalized spacial score (nSPS) is 21.4. The Morgan fingerprint density at radius 2 is 1.78 bits per heavy atom. The van der Waals surface area contributed by atoms with E-state index in [0.29, 0.717) is 6.04 Å². The molecule has 1 unspecified atom stereocenters. The summed E-state index contributed by atoms with van der Waals surface area (Å²) in [4.78, 5) is 14.5. The molecule has 2 aromatic rings. The summed E-state index contributed by atoms with van der Waals surface area (Å²) in [6.07, 6.45) is 10.7. The number of hydrogen-bond acceptors (Lipinski definition) is 4. The quantitative estimate of drug-likeness (QED) is 0.769. The zero-order valence-corrected chi connectivity index (χ0v) is 16.6. The molecule has 4 heteroatoms. The first-order valence-corrected chi connectivity index (χ1v) is 10.7. The Morgan fingerprint density at radius 3 is 2.56 bits per heavy atom. The fraction of sp³-hybridized carbons (Fsp3) is 0.565. The Morgan fingerprint density at radius 1 is 0.963 bits per heavy atom. The van der Waals surface area contributed by atoms with Gasteiger partial charge in [0.1, 0.15) is 5.82 Å². The van der Waals surface area contributed by atoms with Crippen molar-refractivity contribution in [1.82, 2.24) is 9.97 Å². The molecule has 0 amide bonds. The minimum Gasteiger partial charge on any atom is -0.356 e. The SMILES string of the molecule is CCC1CCCCN1c1nccc(N2CCC(Cc3ccccc3)CC2)n1. The number of hydrogen-bond donors (Lipinski definition) is 0. The van der Waals surface area contributed by atoms with Crippen molar-refractivity contribution < 1.29 is 0 Å². The third-order valence-corrected chi connectivity index (χ3v) is 6.29. The lowest BCUT2D eigenvalue weighted by Crippen LogP contribution is -2.41. The topological polar surface area (TPSA) is 32.3 Å². The van der Waals surface area contributed by atoms with Crippen LogP contribution in [0.1, 0.15) is 51.0 Å². The number of piperidine rings is 2. The van der Waals surface area contributed by atoms with Crippen molar-refractivity contribution >= 4 is 11.8 Å². The van der Waals surface area contributed by atoms with Crippen LogP contribution in [0.4, 0.5) is 11.8 Å². The van der Waals surface area contributed by atoms with Gasteiger partial charge in [0.25, 0.3) is 0 Å². The number of aromatic nitrogens is 2. The highest BCUT2D eigenvalue weighted by Gasteiger charge is 2.25. The number of benzene rings is 1. The van der Waals surface area contributed by atoms with Crippen LogP contribution in [-0.4, -0.2) is 35.6 Å². The molecule has 0 bridgehead atoms. The molecular weight excluding hydrogens is 332 g/mol. The fourth-order valence-corrected chi connectivity index (χ4v) is 4.66. The van der Waals surface area contributed by atoms with Crippen LogP contribution in [0.25, 0.3) is 0 Å². The second-order valence-corrected chi connectivity index (χ2v) is 8.09. The summed E-state index contributed by atoms with van der Waals surface area (Å²) in [5.41, 5.74) is 1.47. The van der Waals surface area contributed by atoms with Crippen LogP contribution in [0.5, 0.6) is 0 Å². The zero-order valence-electron chi connectivity index (χ0n) is 16.6. The Balaban J connectivity index is 1.38. The first-order valence-electron chi connectivity index (χ1n) is 10.7. The first kappa shape index (κ1) is 18.3. The maximum Gasteiger partial charge on any atom is 0.227 e. The standard InChI is InChI=1S/C23H32N4/c1-2-21-10-6-7-15-27(21)23-24-14-11-22(25-23)26-16-12-20(13-17-26)18-19-8-4-3-5-9-19/h3-5,8-9,11,14,20-21H,2,6-7,10,12-13,15-18H2,1H3. The number of anilines is 2. The van der Waals surface area contributed by atoms with Gasteiger partial charge in [0.05, 0.1) is 0 Å². The molecule has 2 aliphatic heterocycles. The Labute approximate surface area is 163 Å². The van der Waals surface area contributed by atoms with E-state index >= 15 is 0 Å². The highest BCUT2D eigenvalue weighted by molar-refractivity contribution is 5.45. The van der Waals surface area contributed by atoms with Crippen molar-refractivity contribution in [3.63, 3.8) is 0 Å². The van der Waals surface area contributed by atoms with Crippen LogP contribution >= 0.6 is 0 Å². The predicted molar refractivity (Wildman–Crippen MR) is 112 cm³/mol. The van der Waals surface area contributed by atoms with Crippen molar-refractivity contribution in [1.29, 1.82) is 0 Å². The molecule has 2 saturated heterocycles. The zero-order chi connectivity index (χ0) is 18.5. The molecule has 0 N–H and O–H groups in total. The molecule has 2 fully saturated rings. The van der Waals surface area contributed by atoms with Gasteiger partial charge in [0.15, 0.2) is 0 Å². The van der Waals surface area contributed by atoms with Gasteiger partial charge in [0, 0.05) is 31.9 Å². The van der Waals surface area contributed by atoms with Crippen LogP contribution in [0, 0.1) is 5.92 Å². The minimum absolute atomic E-state index is 0.602. The van der Waals surface area contributed by atoms with Crippen molar-refractivity contribution in [2.45, 2.75) is 57.9 Å². The van der Waals surface area contributed by atoms with E-state index in [1.54, 1.807) is 0 Å². The predicted octanol–water partition coefficient (Wildman–Crippen LogP) is 4.70. The Kier molecular flexibility index (Phi) is 5.90. The molecule has 0 spiro atoms. The van der Waals surface area contributed by atoms with Crippen molar-refractivity contribution in [3.8, 4) is 0 Å². The second kappa shape index (κ2) is 8.73. The molecule has 0 radical (unpaired) electrons. The fourth-order valence-electron chi connectivity index (χ4n) is 4.66. The first-order chi connectivity index (χ1) is 13.3. The van der Waals surface area contributed by atoms with E-state index < -0.39 is 0 Å². The Bertz CT molecular complexity index is 709. The van der Waals surface area contributed by atoms with Gasteiger partial charge in [-0.3, -0.25) is 0 Å². The molecule has 0 saturated carbocycles. The summed E-state index contributed by atoms with van der Waals surface area (Å²) in [5, 5.41) is 0. The molecule has 3 heterocycles. The number of rotatable bonds is 5. The molecule has 144 valence electrons. The largest absolute Gasteiger partial charge is 0.356 e. The average Bonchev–Trinajstić information content (AvgIpc) is 2.75. The molecule has 1 aromatic heterocycles. The molecule has 27 heavy (non-hydrogen) atoms. The number of nitrogens with zero attached hydrogens (tertiary/aromatic N) is 4. The lowest BCUT2D eigenvalue weighted by molar-refractivity contribution is 0.401. The third-order valence-electron chi connectivity index (χ3n) is 6.29. The molecule has 4 nitrogen and oxygen atoms in total. The van der Waals surface area contributed by atoms with E-state index in [1.807, 2.05) is 6.20 Å². The summed E-state index contributed by atoms with van der Waals surface area (Å²) in [7, 11) is 0. The van der Waals surface area contributed by atoms with E-state index in [-0.39, 0.29) is 0 Å². The molecule has 1 aromatic carbocycles. The van der Waals surface area contributed by atoms with Gasteiger partial charge in [-0.05, 0) is 62.5 Å². The second-order valence-electron chi connectivity index (χ2n) is 8.09. The van der Waals surface area contributed by atoms with Gasteiger partial charge in [-0.15, -0.1) is 0 Å². The van der Waals surface area contributed by atoms with Crippen molar-refractivity contribution in [2.75, 3.05) is 29.4 Å². The van der Waals surface area contributed by atoms with E-state index in [0.717, 1.165) is 37.3 Å². The van der Waals surface area contributed by atoms with Gasteiger partial charge in [0.2, 0.25) is 5.95 Å². The summed E-state index contributed by atoms with van der Waals surface area (Å²) in [5.74, 6) is 2.83. The van der Waals surface area contributed by atoms with E-state index in [4.69, 9.17) is 4.98 Å². The monoisotopic (exact) mass is 364 g/mol. The third kappa shape index (κ3) is 4.42. The summed E-state index contributed by atoms with van der Waals surface area (Å²) < 4.78 is 0. The van der Waals surface area contributed by atoms with Crippen LogP contribution in [0.2, 0.25) is 0 Å². The molecule has 2 aliphatic rings. The van der Waals surface area contributed by atoms with Gasteiger partial charge < -0.3 is 9.80 Å². The molecule has 0 aliphatic carbocycles. The van der Waals surface area contributed by atoms with Gasteiger partial charge in [-0.1, -0.05) is 37.3 Å². The molecular formula is C23H32N4. The van der Waals surface area contributed by atoms with E-state index in [2.05, 4.69) is 58.1 Å². The van der Waals surface area contributed by atoms with Crippen LogP contribution < -0.4 is 9.80 Å². The maximum absolute atomic E-state index is 4.97. The molecule has 4 rings (SSSR count). The van der Waals surface area contributed by atoms with Gasteiger partial charge in [-0.2, -0.15) is 4.98 Å². The average molecular weight is 365 g/mol. The molecule has 1 atom stereocenters. The summed E-state index contributed by atoms with van der Waals surface area (Å²) >= 11 is 0. The smallest absolute Gasteiger partial charge is 0.227 e. The highest BCUT2D eigenvalue weighted by atomic mass is 15.3. The van der Waals surface area contributed by atoms with Gasteiger partial charge >= 0.3 is 0 Å². The van der Waals surface area contributed by atoms with Crippen LogP contribution in [-0.2, 0) is 6.42 Å². The van der Waals surface area contributed by atoms with Gasteiger partial charge in [-0.25, -0.2) is 4.98 Å². The minimum atomic E-state index is 0.602. The maximum atomic E-state index is 4.97. The van der Waals surface area contributed by atoms with Crippen LogP contribution in [0.3, 0.4) is 0 Å². The van der Waals surface area contributed by atoms with Crippen molar-refractivity contribution in [2.24, 2.45) is 5.92 Å². The van der Waals surface area contributed by atoms with E-state index in [1.165, 1.54) is 50.5 Å². The summed E-state index contributed by atoms with van der Waals surface area (Å²) in [6, 6.07) is 13.6. The summed E-state index contributed by atoms with van der Waals surface area (Å²) in [6.45, 7) is 5.59. The van der Waals surface area contributed by atoms with Crippen molar-refractivity contribution in [3.05, 3.63) is 48.2 Å².